The van der Waals surface area contributed by atoms with Crippen LogP contribution >= 0.6 is 0 Å². The van der Waals surface area contributed by atoms with Gasteiger partial charge in [-0.25, -0.2) is 4.98 Å². The molecule has 1 aliphatic heterocycles. The Morgan fingerprint density at radius 3 is 2.37 bits per heavy atom. The summed E-state index contributed by atoms with van der Waals surface area (Å²) in [6, 6.07) is 39.1. The maximum absolute atomic E-state index is 5.01. The van der Waals surface area contributed by atoms with Gasteiger partial charge in [-0.2, -0.15) is 0 Å². The number of aromatic nitrogens is 2. The summed E-state index contributed by atoms with van der Waals surface area (Å²) in [5, 5.41) is 3.62. The lowest BCUT2D eigenvalue weighted by Gasteiger charge is -2.30. The topological polar surface area (TPSA) is 21.1 Å². The van der Waals surface area contributed by atoms with E-state index in [-0.39, 0.29) is 0 Å². The Labute approximate surface area is 221 Å². The quantitative estimate of drug-likeness (QED) is 0.243. The number of para-hydroxylation sites is 3. The van der Waals surface area contributed by atoms with Gasteiger partial charge in [0.05, 0.1) is 16.9 Å². The highest BCUT2D eigenvalue weighted by Crippen LogP contribution is 2.52. The number of fused-ring (bicyclic) bond motifs is 7. The van der Waals surface area contributed by atoms with E-state index in [0.29, 0.717) is 0 Å². The van der Waals surface area contributed by atoms with Gasteiger partial charge in [0.2, 0.25) is 0 Å². The third-order valence-corrected chi connectivity index (χ3v) is 7.84. The maximum Gasteiger partial charge on any atom is 0.145 e. The van der Waals surface area contributed by atoms with Crippen LogP contribution in [-0.2, 0) is 0 Å². The number of rotatable bonds is 2. The molecule has 0 amide bonds. The average molecular weight is 488 g/mol. The Kier molecular flexibility index (Phi) is 4.65. The summed E-state index contributed by atoms with van der Waals surface area (Å²) in [6.07, 6.45) is 8.54. The second-order valence-electron chi connectivity index (χ2n) is 9.92. The predicted molar refractivity (Wildman–Crippen MR) is 158 cm³/mol. The second kappa shape index (κ2) is 8.32. The van der Waals surface area contributed by atoms with Crippen molar-refractivity contribution in [2.45, 2.75) is 12.8 Å². The highest BCUT2D eigenvalue weighted by Gasteiger charge is 2.33. The molecule has 3 heteroatoms. The van der Waals surface area contributed by atoms with E-state index in [1.807, 2.05) is 6.20 Å². The first-order valence-electron chi connectivity index (χ1n) is 13.2. The summed E-state index contributed by atoms with van der Waals surface area (Å²) < 4.78 is 2.45. The Bertz CT molecular complexity index is 1920. The molecule has 0 atom stereocenters. The summed E-state index contributed by atoms with van der Waals surface area (Å²) in [5.74, 6) is 0.985. The van der Waals surface area contributed by atoms with Gasteiger partial charge in [-0.1, -0.05) is 91.0 Å². The summed E-state index contributed by atoms with van der Waals surface area (Å²) in [7, 11) is 0. The van der Waals surface area contributed by atoms with Crippen molar-refractivity contribution in [3.8, 4) is 16.8 Å². The van der Waals surface area contributed by atoms with Crippen molar-refractivity contribution in [3.63, 3.8) is 0 Å². The van der Waals surface area contributed by atoms with E-state index < -0.39 is 0 Å². The van der Waals surface area contributed by atoms with Crippen LogP contribution in [0.15, 0.2) is 133 Å². The van der Waals surface area contributed by atoms with Crippen molar-refractivity contribution < 1.29 is 0 Å². The number of anilines is 2. The SMILES string of the molecule is C1=CC2=C(CC1)N(c1nccc3ccccc13)c1ccccc1-c1c2n(-c2ccccc2)c2ccccc12. The van der Waals surface area contributed by atoms with Crippen LogP contribution in [0.3, 0.4) is 0 Å². The van der Waals surface area contributed by atoms with Gasteiger partial charge >= 0.3 is 0 Å². The monoisotopic (exact) mass is 487 g/mol. The van der Waals surface area contributed by atoms with E-state index in [9.17, 15) is 0 Å². The van der Waals surface area contributed by atoms with Crippen LogP contribution in [0.5, 0.6) is 0 Å². The molecule has 1 aliphatic carbocycles. The molecule has 0 saturated heterocycles. The molecule has 0 bridgehead atoms. The number of benzene rings is 4. The molecule has 0 spiro atoms. The minimum atomic E-state index is 0.945. The molecule has 6 aromatic rings. The highest BCUT2D eigenvalue weighted by atomic mass is 15.2. The molecular weight excluding hydrogens is 462 g/mol. The zero-order valence-electron chi connectivity index (χ0n) is 20.9. The lowest BCUT2D eigenvalue weighted by atomic mass is 9.95. The van der Waals surface area contributed by atoms with E-state index in [2.05, 4.69) is 131 Å². The Balaban J connectivity index is 1.56. The van der Waals surface area contributed by atoms with Gasteiger partial charge in [-0.15, -0.1) is 0 Å². The molecule has 3 heterocycles. The number of pyridine rings is 1. The molecule has 4 aromatic carbocycles. The first-order valence-corrected chi connectivity index (χ1v) is 13.2. The van der Waals surface area contributed by atoms with E-state index in [1.54, 1.807) is 0 Å². The molecular formula is C35H25N3. The van der Waals surface area contributed by atoms with Crippen molar-refractivity contribution in [1.29, 1.82) is 0 Å². The fourth-order valence-electron chi connectivity index (χ4n) is 6.26. The van der Waals surface area contributed by atoms with Crippen LogP contribution in [0.25, 0.3) is 44.1 Å². The summed E-state index contributed by atoms with van der Waals surface area (Å²) in [5.41, 5.74) is 9.88. The normalized spacial score (nSPS) is 14.4. The van der Waals surface area contributed by atoms with Crippen LogP contribution in [0.2, 0.25) is 0 Å². The van der Waals surface area contributed by atoms with Crippen LogP contribution in [0, 0.1) is 0 Å². The zero-order chi connectivity index (χ0) is 25.1. The second-order valence-corrected chi connectivity index (χ2v) is 9.92. The average Bonchev–Trinajstić information content (AvgIpc) is 3.27. The molecule has 0 unspecified atom stereocenters. The van der Waals surface area contributed by atoms with Gasteiger partial charge in [-0.05, 0) is 48.6 Å². The molecule has 180 valence electrons. The molecule has 0 radical (unpaired) electrons. The van der Waals surface area contributed by atoms with Crippen LogP contribution in [0.4, 0.5) is 11.5 Å². The summed E-state index contributed by atoms with van der Waals surface area (Å²) in [4.78, 5) is 7.44. The van der Waals surface area contributed by atoms with E-state index in [4.69, 9.17) is 4.98 Å². The first kappa shape index (κ1) is 21.2. The standard InChI is InChI=1S/C35H25N3/c1-2-13-25(14-3-1)37-30-19-9-6-16-27(30)33-28-17-7-10-20-31(28)38(32-21-11-8-18-29(32)34(33)37)35-26-15-5-4-12-24(26)22-23-36-35/h1-10,12-20,22-23H,11,21H2. The van der Waals surface area contributed by atoms with Gasteiger partial charge in [0.25, 0.3) is 0 Å². The predicted octanol–water partition coefficient (Wildman–Crippen LogP) is 9.06. The summed E-state index contributed by atoms with van der Waals surface area (Å²) in [6.45, 7) is 0. The lowest BCUT2D eigenvalue weighted by molar-refractivity contribution is 0.915. The minimum absolute atomic E-state index is 0.945. The van der Waals surface area contributed by atoms with Crippen molar-refractivity contribution in [1.82, 2.24) is 9.55 Å². The van der Waals surface area contributed by atoms with Gasteiger partial charge in [0, 0.05) is 45.1 Å². The van der Waals surface area contributed by atoms with E-state index >= 15 is 0 Å². The Morgan fingerprint density at radius 1 is 0.684 bits per heavy atom. The smallest absolute Gasteiger partial charge is 0.145 e. The number of allylic oxidation sites excluding steroid dienone is 4. The van der Waals surface area contributed by atoms with Crippen molar-refractivity contribution in [2.75, 3.05) is 4.90 Å². The van der Waals surface area contributed by atoms with Gasteiger partial charge in [0.1, 0.15) is 5.82 Å². The van der Waals surface area contributed by atoms with Crippen molar-refractivity contribution in [2.24, 2.45) is 0 Å². The number of nitrogens with zero attached hydrogens (tertiary/aromatic N) is 3. The molecule has 0 fully saturated rings. The summed E-state index contributed by atoms with van der Waals surface area (Å²) >= 11 is 0. The molecule has 2 aliphatic rings. The van der Waals surface area contributed by atoms with Gasteiger partial charge in [-0.3, -0.25) is 4.90 Å². The van der Waals surface area contributed by atoms with E-state index in [0.717, 1.165) is 24.0 Å². The molecule has 3 nitrogen and oxygen atoms in total. The first-order chi connectivity index (χ1) is 18.9. The van der Waals surface area contributed by atoms with Crippen LogP contribution in [-0.4, -0.2) is 9.55 Å². The molecule has 0 saturated carbocycles. The number of hydrogen-bond acceptors (Lipinski definition) is 2. The Morgan fingerprint density at radius 2 is 1.45 bits per heavy atom. The van der Waals surface area contributed by atoms with Crippen molar-refractivity contribution in [3.05, 3.63) is 139 Å². The third-order valence-electron chi connectivity index (χ3n) is 7.84. The highest BCUT2D eigenvalue weighted by molar-refractivity contribution is 6.11. The molecule has 8 rings (SSSR count). The Hall–Kier alpha value is -4.89. The van der Waals surface area contributed by atoms with Gasteiger partial charge < -0.3 is 4.57 Å². The molecule has 0 N–H and O–H groups in total. The van der Waals surface area contributed by atoms with Crippen LogP contribution < -0.4 is 4.90 Å². The zero-order valence-corrected chi connectivity index (χ0v) is 20.9. The molecule has 38 heavy (non-hydrogen) atoms. The largest absolute Gasteiger partial charge is 0.309 e. The fraction of sp³-hybridized carbons (Fsp3) is 0.0571. The fourth-order valence-corrected chi connectivity index (χ4v) is 6.26. The maximum atomic E-state index is 5.01. The van der Waals surface area contributed by atoms with Gasteiger partial charge in [0.15, 0.2) is 0 Å². The molecule has 2 aromatic heterocycles. The third kappa shape index (κ3) is 2.99. The number of hydrogen-bond donors (Lipinski definition) is 0. The minimum Gasteiger partial charge on any atom is -0.309 e. The van der Waals surface area contributed by atoms with Crippen LogP contribution in [0.1, 0.15) is 18.5 Å². The van der Waals surface area contributed by atoms with Crippen molar-refractivity contribution >= 4 is 38.8 Å². The lowest BCUT2D eigenvalue weighted by Crippen LogP contribution is -2.20. The van der Waals surface area contributed by atoms with E-state index in [1.165, 1.54) is 55.8 Å².